The first kappa shape index (κ1) is 23.2. The monoisotopic (exact) mass is 421 g/mol. The van der Waals surface area contributed by atoms with Crippen LogP contribution < -0.4 is 0 Å². The molecule has 1 N–H and O–H groups in total. The van der Waals surface area contributed by atoms with Gasteiger partial charge in [-0.1, -0.05) is 72.8 Å². The zero-order valence-corrected chi connectivity index (χ0v) is 18.0. The normalized spacial score (nSPS) is 25.6. The van der Waals surface area contributed by atoms with Gasteiger partial charge in [0.05, 0.1) is 37.9 Å². The molecule has 2 aromatic rings. The van der Waals surface area contributed by atoms with Crippen LogP contribution in [0.15, 0.2) is 72.8 Å². The van der Waals surface area contributed by atoms with Crippen molar-refractivity contribution in [3.63, 3.8) is 0 Å². The third-order valence-electron chi connectivity index (χ3n) is 5.54. The van der Waals surface area contributed by atoms with E-state index in [1.165, 1.54) is 0 Å². The van der Waals surface area contributed by atoms with Crippen molar-refractivity contribution < 1.29 is 19.3 Å². The molecule has 164 valence electrons. The second-order valence-corrected chi connectivity index (χ2v) is 8.01. The molecular formula is C26H31NO4. The summed E-state index contributed by atoms with van der Waals surface area (Å²) >= 11 is 0. The minimum absolute atomic E-state index is 0.126. The van der Waals surface area contributed by atoms with Crippen molar-refractivity contribution >= 4 is 0 Å². The molecule has 0 unspecified atom stereocenters. The summed E-state index contributed by atoms with van der Waals surface area (Å²) in [6.07, 6.45) is 3.47. The van der Waals surface area contributed by atoms with Crippen molar-refractivity contribution in [1.82, 2.24) is 0 Å². The molecule has 0 fully saturated rings. The van der Waals surface area contributed by atoms with Crippen LogP contribution in [0.25, 0.3) is 0 Å². The molecule has 4 atom stereocenters. The van der Waals surface area contributed by atoms with Crippen molar-refractivity contribution in [3.05, 3.63) is 83.9 Å². The van der Waals surface area contributed by atoms with Crippen LogP contribution in [-0.2, 0) is 27.4 Å². The molecule has 0 bridgehead atoms. The standard InChI is InChI=1S/C26H31NO4/c1-26(30-20-22-11-6-3-7-12-22)16-14-23(28)24(15-17-27)31-25(26)13-8-18-29-19-21-9-4-2-5-10-21/h2-7,9-12,14,16,23-25,28H,8,13,15,18-20H2,1H3/t23-,24+,25-,26+/m1/s1. The summed E-state index contributed by atoms with van der Waals surface area (Å²) in [4.78, 5) is 0. The van der Waals surface area contributed by atoms with E-state index in [4.69, 9.17) is 19.5 Å². The summed E-state index contributed by atoms with van der Waals surface area (Å²) in [5, 5.41) is 19.5. The van der Waals surface area contributed by atoms with Crippen LogP contribution in [-0.4, -0.2) is 35.6 Å². The number of rotatable bonds is 10. The van der Waals surface area contributed by atoms with E-state index in [-0.39, 0.29) is 12.5 Å². The van der Waals surface area contributed by atoms with Crippen LogP contribution in [0, 0.1) is 11.3 Å². The van der Waals surface area contributed by atoms with Gasteiger partial charge in [0.25, 0.3) is 0 Å². The summed E-state index contributed by atoms with van der Waals surface area (Å²) in [5.74, 6) is 0. The highest BCUT2D eigenvalue weighted by atomic mass is 16.6. The molecule has 0 aliphatic carbocycles. The zero-order valence-electron chi connectivity index (χ0n) is 18.0. The fourth-order valence-corrected chi connectivity index (χ4v) is 3.65. The smallest absolute Gasteiger partial charge is 0.110 e. The van der Waals surface area contributed by atoms with Crippen LogP contribution in [0.3, 0.4) is 0 Å². The fourth-order valence-electron chi connectivity index (χ4n) is 3.65. The Morgan fingerprint density at radius 3 is 2.32 bits per heavy atom. The van der Waals surface area contributed by atoms with Gasteiger partial charge in [0.1, 0.15) is 11.7 Å². The molecule has 0 aromatic heterocycles. The summed E-state index contributed by atoms with van der Waals surface area (Å²) < 4.78 is 18.3. The highest BCUT2D eigenvalue weighted by Gasteiger charge is 2.39. The number of hydrogen-bond donors (Lipinski definition) is 1. The van der Waals surface area contributed by atoms with Crippen molar-refractivity contribution in [2.75, 3.05) is 6.61 Å². The summed E-state index contributed by atoms with van der Waals surface area (Å²) in [6, 6.07) is 22.2. The lowest BCUT2D eigenvalue weighted by atomic mass is 9.94. The van der Waals surface area contributed by atoms with E-state index in [1.54, 1.807) is 6.08 Å². The van der Waals surface area contributed by atoms with Crippen LogP contribution in [0.4, 0.5) is 0 Å². The van der Waals surface area contributed by atoms with Crippen LogP contribution in [0.5, 0.6) is 0 Å². The molecule has 2 aromatic carbocycles. The number of benzene rings is 2. The topological polar surface area (TPSA) is 71.7 Å². The SMILES string of the molecule is C[C@]1(OCc2ccccc2)C=C[C@@H](O)[C@H](CC#N)O[C@@H]1CCCOCc1ccccc1. The first-order valence-corrected chi connectivity index (χ1v) is 10.8. The Morgan fingerprint density at radius 1 is 1.03 bits per heavy atom. The maximum Gasteiger partial charge on any atom is 0.110 e. The summed E-state index contributed by atoms with van der Waals surface area (Å²) in [6.45, 7) is 3.58. The molecule has 5 nitrogen and oxygen atoms in total. The van der Waals surface area contributed by atoms with Gasteiger partial charge in [-0.05, 0) is 30.9 Å². The lowest BCUT2D eigenvalue weighted by Gasteiger charge is -2.35. The Hall–Kier alpha value is -2.49. The van der Waals surface area contributed by atoms with Crippen LogP contribution >= 0.6 is 0 Å². The minimum atomic E-state index is -0.835. The Morgan fingerprint density at radius 2 is 1.68 bits per heavy atom. The van der Waals surface area contributed by atoms with E-state index in [0.717, 1.165) is 17.5 Å². The molecule has 1 aliphatic rings. The second kappa shape index (κ2) is 11.8. The average molecular weight is 422 g/mol. The maximum atomic E-state index is 10.4. The van der Waals surface area contributed by atoms with Gasteiger partial charge in [0, 0.05) is 6.61 Å². The Bertz CT molecular complexity index is 849. The molecule has 3 rings (SSSR count). The molecule has 0 saturated heterocycles. The minimum Gasteiger partial charge on any atom is -0.386 e. The maximum absolute atomic E-state index is 10.4. The van der Waals surface area contributed by atoms with E-state index in [1.807, 2.05) is 73.7 Å². The molecule has 0 amide bonds. The molecule has 0 radical (unpaired) electrons. The predicted octanol–water partition coefficient (Wildman–Crippen LogP) is 4.56. The number of ether oxygens (including phenoxy) is 3. The highest BCUT2D eigenvalue weighted by Crippen LogP contribution is 2.31. The molecule has 0 saturated carbocycles. The first-order valence-electron chi connectivity index (χ1n) is 10.8. The Balaban J connectivity index is 1.61. The van der Waals surface area contributed by atoms with E-state index in [2.05, 4.69) is 6.07 Å². The van der Waals surface area contributed by atoms with Gasteiger partial charge >= 0.3 is 0 Å². The van der Waals surface area contributed by atoms with E-state index < -0.39 is 17.8 Å². The molecular weight excluding hydrogens is 390 g/mol. The van der Waals surface area contributed by atoms with Crippen molar-refractivity contribution in [1.29, 1.82) is 5.26 Å². The molecule has 1 heterocycles. The Labute approximate surface area is 184 Å². The highest BCUT2D eigenvalue weighted by molar-refractivity contribution is 5.16. The van der Waals surface area contributed by atoms with Gasteiger partial charge in [-0.3, -0.25) is 0 Å². The number of nitriles is 1. The van der Waals surface area contributed by atoms with Crippen molar-refractivity contribution in [2.45, 2.75) is 63.3 Å². The molecule has 31 heavy (non-hydrogen) atoms. The third-order valence-corrected chi connectivity index (χ3v) is 5.54. The van der Waals surface area contributed by atoms with E-state index in [0.29, 0.717) is 26.2 Å². The van der Waals surface area contributed by atoms with Gasteiger partial charge < -0.3 is 19.3 Å². The summed E-state index contributed by atoms with van der Waals surface area (Å²) in [7, 11) is 0. The average Bonchev–Trinajstić information content (AvgIpc) is 2.91. The zero-order chi connectivity index (χ0) is 21.9. The Kier molecular flexibility index (Phi) is 8.81. The number of hydrogen-bond acceptors (Lipinski definition) is 5. The third kappa shape index (κ3) is 7.02. The van der Waals surface area contributed by atoms with E-state index in [9.17, 15) is 5.11 Å². The molecule has 1 aliphatic heterocycles. The van der Waals surface area contributed by atoms with Crippen LogP contribution in [0.2, 0.25) is 0 Å². The first-order chi connectivity index (χ1) is 15.1. The number of aliphatic hydroxyl groups excluding tert-OH is 1. The van der Waals surface area contributed by atoms with Crippen molar-refractivity contribution in [2.24, 2.45) is 0 Å². The second-order valence-electron chi connectivity index (χ2n) is 8.01. The van der Waals surface area contributed by atoms with Gasteiger partial charge in [-0.25, -0.2) is 0 Å². The van der Waals surface area contributed by atoms with Gasteiger partial charge in [-0.15, -0.1) is 0 Å². The molecule has 0 spiro atoms. The van der Waals surface area contributed by atoms with Gasteiger partial charge in [0.15, 0.2) is 0 Å². The van der Waals surface area contributed by atoms with Crippen LogP contribution in [0.1, 0.15) is 37.3 Å². The predicted molar refractivity (Wildman–Crippen MR) is 119 cm³/mol. The summed E-state index contributed by atoms with van der Waals surface area (Å²) in [5.41, 5.74) is 1.49. The number of nitrogens with zero attached hydrogens (tertiary/aromatic N) is 1. The number of aliphatic hydroxyl groups is 1. The fraction of sp³-hybridized carbons (Fsp3) is 0.423. The lowest BCUT2D eigenvalue weighted by molar-refractivity contribution is -0.149. The van der Waals surface area contributed by atoms with E-state index >= 15 is 0 Å². The lowest BCUT2D eigenvalue weighted by Crippen LogP contribution is -2.43. The largest absolute Gasteiger partial charge is 0.386 e. The van der Waals surface area contributed by atoms with Gasteiger partial charge in [0.2, 0.25) is 0 Å². The van der Waals surface area contributed by atoms with Crippen molar-refractivity contribution in [3.8, 4) is 6.07 Å². The van der Waals surface area contributed by atoms with Gasteiger partial charge in [-0.2, -0.15) is 5.26 Å². The quantitative estimate of drug-likeness (QED) is 0.450. The molecule has 5 heteroatoms.